The number of rotatable bonds is 1. The number of aliphatic hydroxyl groups excluding tert-OH is 1. The summed E-state index contributed by atoms with van der Waals surface area (Å²) in [5.41, 5.74) is 0.499. The second-order valence-corrected chi connectivity index (χ2v) is 7.35. The van der Waals surface area contributed by atoms with Gasteiger partial charge < -0.3 is 14.9 Å². The minimum absolute atomic E-state index is 0.0392. The maximum absolute atomic E-state index is 12.9. The molecule has 0 saturated carbocycles. The van der Waals surface area contributed by atoms with E-state index in [0.717, 1.165) is 0 Å². The molecule has 1 aromatic carbocycles. The Kier molecular flexibility index (Phi) is 3.62. The first-order valence-corrected chi connectivity index (χ1v) is 8.53. The lowest BCUT2D eigenvalue weighted by Gasteiger charge is -2.60. The van der Waals surface area contributed by atoms with Crippen LogP contribution < -0.4 is 0 Å². The summed E-state index contributed by atoms with van der Waals surface area (Å²) in [4.78, 5) is 30.6. The molecule has 6 nitrogen and oxygen atoms in total. The Morgan fingerprint density at radius 2 is 1.75 bits per heavy atom. The number of piperazine rings is 1. The molecular formula is C18H23N3O3. The standard InChI is InChI=1S/C18H23N3O3/c1-13(22)20-11-18(12-20)10-19(8-15-7-16(23)9-21(15)18)17(24)14-5-3-2-4-6-14/h2-6,15-16,23H,7-12H2,1H3. The van der Waals surface area contributed by atoms with E-state index in [1.165, 1.54) is 0 Å². The lowest BCUT2D eigenvalue weighted by molar-refractivity contribution is -0.151. The second-order valence-electron chi connectivity index (χ2n) is 7.35. The molecule has 3 heterocycles. The van der Waals surface area contributed by atoms with Crippen LogP contribution in [0.5, 0.6) is 0 Å². The summed E-state index contributed by atoms with van der Waals surface area (Å²) < 4.78 is 0. The van der Waals surface area contributed by atoms with Gasteiger partial charge in [-0.15, -0.1) is 0 Å². The average molecular weight is 329 g/mol. The van der Waals surface area contributed by atoms with E-state index in [0.29, 0.717) is 44.7 Å². The molecule has 2 unspecified atom stereocenters. The quantitative estimate of drug-likeness (QED) is 0.798. The van der Waals surface area contributed by atoms with E-state index < -0.39 is 0 Å². The van der Waals surface area contributed by atoms with Crippen molar-refractivity contribution < 1.29 is 14.7 Å². The van der Waals surface area contributed by atoms with Gasteiger partial charge >= 0.3 is 0 Å². The predicted molar refractivity (Wildman–Crippen MR) is 88.4 cm³/mol. The molecule has 3 saturated heterocycles. The number of likely N-dealkylation sites (tertiary alicyclic amines) is 1. The smallest absolute Gasteiger partial charge is 0.253 e. The number of amides is 2. The zero-order valence-corrected chi connectivity index (χ0v) is 13.9. The molecule has 0 aromatic heterocycles. The van der Waals surface area contributed by atoms with Crippen molar-refractivity contribution >= 4 is 11.8 Å². The molecule has 3 fully saturated rings. The minimum Gasteiger partial charge on any atom is -0.392 e. The van der Waals surface area contributed by atoms with Gasteiger partial charge in [-0.3, -0.25) is 14.5 Å². The average Bonchev–Trinajstić information content (AvgIpc) is 2.92. The second kappa shape index (κ2) is 5.57. The highest BCUT2D eigenvalue weighted by Gasteiger charge is 2.57. The van der Waals surface area contributed by atoms with Gasteiger partial charge in [0.1, 0.15) is 0 Å². The molecule has 0 aliphatic carbocycles. The van der Waals surface area contributed by atoms with Gasteiger partial charge in [0.25, 0.3) is 5.91 Å². The summed E-state index contributed by atoms with van der Waals surface area (Å²) in [6.07, 6.45) is 0.352. The summed E-state index contributed by atoms with van der Waals surface area (Å²) in [6, 6.07) is 9.51. The van der Waals surface area contributed by atoms with E-state index in [1.807, 2.05) is 40.1 Å². The minimum atomic E-state index is -0.343. The SMILES string of the molecule is CC(=O)N1CC2(C1)CN(C(=O)c1ccccc1)CC1CC(O)CN12. The van der Waals surface area contributed by atoms with E-state index >= 15 is 0 Å². The first-order chi connectivity index (χ1) is 11.5. The Morgan fingerprint density at radius 3 is 2.42 bits per heavy atom. The summed E-state index contributed by atoms with van der Waals surface area (Å²) in [5, 5.41) is 10.1. The molecule has 4 rings (SSSR count). The number of carbonyl (C=O) groups is 2. The molecule has 24 heavy (non-hydrogen) atoms. The number of β-amino-alcohol motifs (C(OH)–C–C–N with tert-alkyl or cyclic N) is 1. The fourth-order valence-corrected chi connectivity index (χ4v) is 4.50. The summed E-state index contributed by atoms with van der Waals surface area (Å²) >= 11 is 0. The van der Waals surface area contributed by atoms with Crippen molar-refractivity contribution in [3.8, 4) is 0 Å². The molecule has 2 amide bonds. The lowest BCUT2D eigenvalue weighted by atomic mass is 9.83. The highest BCUT2D eigenvalue weighted by Crippen LogP contribution is 2.39. The van der Waals surface area contributed by atoms with E-state index in [9.17, 15) is 14.7 Å². The number of nitrogens with zero attached hydrogens (tertiary/aromatic N) is 3. The summed E-state index contributed by atoms with van der Waals surface area (Å²) in [6.45, 7) is 4.78. The highest BCUT2D eigenvalue weighted by molar-refractivity contribution is 5.94. The monoisotopic (exact) mass is 329 g/mol. The number of hydrogen-bond donors (Lipinski definition) is 1. The van der Waals surface area contributed by atoms with Crippen molar-refractivity contribution in [1.82, 2.24) is 14.7 Å². The molecule has 0 radical (unpaired) electrons. The van der Waals surface area contributed by atoms with Crippen molar-refractivity contribution in [2.75, 3.05) is 32.7 Å². The fraction of sp³-hybridized carbons (Fsp3) is 0.556. The van der Waals surface area contributed by atoms with Crippen LogP contribution in [-0.2, 0) is 4.79 Å². The predicted octanol–water partition coefficient (Wildman–Crippen LogP) is 0.179. The van der Waals surface area contributed by atoms with Crippen molar-refractivity contribution in [2.24, 2.45) is 0 Å². The number of hydrogen-bond acceptors (Lipinski definition) is 4. The number of fused-ring (bicyclic) bond motifs is 2. The third-order valence-electron chi connectivity index (χ3n) is 5.64. The molecule has 2 atom stereocenters. The van der Waals surface area contributed by atoms with E-state index in [1.54, 1.807) is 6.92 Å². The van der Waals surface area contributed by atoms with Gasteiger partial charge in [0.05, 0.1) is 11.6 Å². The van der Waals surface area contributed by atoms with E-state index in [-0.39, 0.29) is 29.5 Å². The van der Waals surface area contributed by atoms with Gasteiger partial charge in [-0.05, 0) is 18.6 Å². The van der Waals surface area contributed by atoms with Gasteiger partial charge in [0.2, 0.25) is 5.91 Å². The van der Waals surface area contributed by atoms with E-state index in [2.05, 4.69) is 4.90 Å². The highest BCUT2D eigenvalue weighted by atomic mass is 16.3. The van der Waals surface area contributed by atoms with Gasteiger partial charge in [-0.1, -0.05) is 18.2 Å². The Hall–Kier alpha value is -1.92. The summed E-state index contributed by atoms with van der Waals surface area (Å²) in [7, 11) is 0. The molecule has 1 spiro atoms. The fourth-order valence-electron chi connectivity index (χ4n) is 4.50. The van der Waals surface area contributed by atoms with Crippen LogP contribution in [-0.4, -0.2) is 82.0 Å². The molecule has 0 bridgehead atoms. The molecule has 1 N–H and O–H groups in total. The van der Waals surface area contributed by atoms with Crippen molar-refractivity contribution in [3.05, 3.63) is 35.9 Å². The maximum Gasteiger partial charge on any atom is 0.253 e. The van der Waals surface area contributed by atoms with Crippen molar-refractivity contribution in [1.29, 1.82) is 0 Å². The van der Waals surface area contributed by atoms with Crippen LogP contribution in [0.4, 0.5) is 0 Å². The van der Waals surface area contributed by atoms with Crippen molar-refractivity contribution in [3.63, 3.8) is 0 Å². The van der Waals surface area contributed by atoms with Gasteiger partial charge in [-0.25, -0.2) is 0 Å². The topological polar surface area (TPSA) is 64.1 Å². The molecule has 1 aromatic rings. The Balaban J connectivity index is 1.58. The first kappa shape index (κ1) is 15.6. The van der Waals surface area contributed by atoms with Crippen LogP contribution in [0.25, 0.3) is 0 Å². The van der Waals surface area contributed by atoms with Crippen LogP contribution in [0.2, 0.25) is 0 Å². The van der Waals surface area contributed by atoms with Crippen LogP contribution in [0, 0.1) is 0 Å². The van der Waals surface area contributed by atoms with Crippen molar-refractivity contribution in [2.45, 2.75) is 31.0 Å². The lowest BCUT2D eigenvalue weighted by Crippen LogP contribution is -2.78. The molecular weight excluding hydrogens is 306 g/mol. The third kappa shape index (κ3) is 2.41. The molecule has 3 aliphatic rings. The zero-order chi connectivity index (χ0) is 16.9. The van der Waals surface area contributed by atoms with E-state index in [4.69, 9.17) is 0 Å². The molecule has 6 heteroatoms. The van der Waals surface area contributed by atoms with Crippen LogP contribution in [0.15, 0.2) is 30.3 Å². The van der Waals surface area contributed by atoms with Crippen LogP contribution in [0.3, 0.4) is 0 Å². The molecule has 128 valence electrons. The van der Waals surface area contributed by atoms with Gasteiger partial charge in [0, 0.05) is 51.3 Å². The number of benzene rings is 1. The van der Waals surface area contributed by atoms with Crippen LogP contribution in [0.1, 0.15) is 23.7 Å². The Labute approximate surface area is 141 Å². The largest absolute Gasteiger partial charge is 0.392 e. The Morgan fingerprint density at radius 1 is 1.08 bits per heavy atom. The normalized spacial score (nSPS) is 28.6. The summed E-state index contributed by atoms with van der Waals surface area (Å²) in [5.74, 6) is 0.112. The van der Waals surface area contributed by atoms with Gasteiger partial charge in [0.15, 0.2) is 0 Å². The maximum atomic E-state index is 12.9. The number of carbonyl (C=O) groups excluding carboxylic acids is 2. The number of aliphatic hydroxyl groups is 1. The molecule has 3 aliphatic heterocycles. The Bertz CT molecular complexity index is 657. The first-order valence-electron chi connectivity index (χ1n) is 8.53. The van der Waals surface area contributed by atoms with Crippen LogP contribution >= 0.6 is 0 Å². The zero-order valence-electron chi connectivity index (χ0n) is 13.9. The third-order valence-corrected chi connectivity index (χ3v) is 5.64. The van der Waals surface area contributed by atoms with Gasteiger partial charge in [-0.2, -0.15) is 0 Å².